The van der Waals surface area contributed by atoms with Gasteiger partial charge in [-0.3, -0.25) is 24.4 Å². The Bertz CT molecular complexity index is 1120. The lowest BCUT2D eigenvalue weighted by molar-refractivity contribution is -0.384. The number of rotatable bonds is 7. The number of carboxylic acids is 1. The number of aliphatic carboxylic acids is 1. The van der Waals surface area contributed by atoms with Crippen molar-refractivity contribution in [2.24, 2.45) is 0 Å². The third-order valence-corrected chi connectivity index (χ3v) is 3.98. The van der Waals surface area contributed by atoms with E-state index in [9.17, 15) is 19.7 Å². The maximum atomic E-state index is 12.4. The van der Waals surface area contributed by atoms with E-state index in [0.29, 0.717) is 5.75 Å². The number of anilines is 1. The van der Waals surface area contributed by atoms with E-state index in [-0.39, 0.29) is 22.7 Å². The molecule has 0 saturated heterocycles. The lowest BCUT2D eigenvalue weighted by Gasteiger charge is -2.10. The van der Waals surface area contributed by atoms with E-state index in [1.54, 1.807) is 12.1 Å². The van der Waals surface area contributed by atoms with Crippen molar-refractivity contribution in [1.82, 2.24) is 9.78 Å². The summed E-state index contributed by atoms with van der Waals surface area (Å²) < 4.78 is 6.87. The predicted molar refractivity (Wildman–Crippen MR) is 107 cm³/mol. The molecule has 0 aliphatic rings. The summed E-state index contributed by atoms with van der Waals surface area (Å²) in [7, 11) is 0. The smallest absolute Gasteiger partial charge is 0.325 e. The maximum absolute atomic E-state index is 12.4. The summed E-state index contributed by atoms with van der Waals surface area (Å²) in [5.74, 6) is -0.993. The largest absolute Gasteiger partial charge is 0.480 e. The van der Waals surface area contributed by atoms with Gasteiger partial charge in [0, 0.05) is 18.3 Å². The first-order chi connectivity index (χ1) is 14.2. The van der Waals surface area contributed by atoms with Crippen molar-refractivity contribution in [3.05, 3.63) is 75.6 Å². The first kappa shape index (κ1) is 20.5. The molecule has 0 aliphatic heterocycles. The zero-order valence-corrected chi connectivity index (χ0v) is 16.2. The van der Waals surface area contributed by atoms with Crippen LogP contribution in [0.4, 0.5) is 11.4 Å². The molecule has 1 aromatic heterocycles. The number of hydrogen-bond donors (Lipinski definition) is 2. The Morgan fingerprint density at radius 3 is 2.43 bits per heavy atom. The molecular weight excluding hydrogens is 392 g/mol. The summed E-state index contributed by atoms with van der Waals surface area (Å²) in [6.45, 7) is 3.42. The van der Waals surface area contributed by atoms with Crippen LogP contribution in [0.2, 0.25) is 0 Å². The molecule has 154 valence electrons. The van der Waals surface area contributed by atoms with Crippen molar-refractivity contribution in [2.45, 2.75) is 20.4 Å². The fraction of sp³-hybridized carbons (Fsp3) is 0.150. The minimum absolute atomic E-state index is 0.111. The van der Waals surface area contributed by atoms with E-state index in [1.165, 1.54) is 30.6 Å². The highest BCUT2D eigenvalue weighted by Gasteiger charge is 2.15. The van der Waals surface area contributed by atoms with Crippen molar-refractivity contribution >= 4 is 23.3 Å². The molecule has 2 N–H and O–H groups in total. The number of nitrogens with zero attached hydrogens (tertiary/aromatic N) is 3. The van der Waals surface area contributed by atoms with Crippen molar-refractivity contribution in [3.8, 4) is 11.5 Å². The van der Waals surface area contributed by atoms with E-state index in [2.05, 4.69) is 10.4 Å². The molecule has 0 atom stereocenters. The monoisotopic (exact) mass is 410 g/mol. The molecule has 2 aromatic carbocycles. The number of ether oxygens (including phenoxy) is 1. The van der Waals surface area contributed by atoms with Crippen LogP contribution in [0.1, 0.15) is 21.5 Å². The summed E-state index contributed by atoms with van der Waals surface area (Å²) in [5.41, 5.74) is 1.96. The van der Waals surface area contributed by atoms with Crippen molar-refractivity contribution in [2.75, 3.05) is 5.32 Å². The van der Waals surface area contributed by atoms with Crippen molar-refractivity contribution < 1.29 is 24.4 Å². The highest BCUT2D eigenvalue weighted by atomic mass is 16.6. The number of carboxylic acid groups (broad SMARTS) is 1. The topological polar surface area (TPSA) is 137 Å². The van der Waals surface area contributed by atoms with Gasteiger partial charge in [-0.05, 0) is 37.1 Å². The number of benzene rings is 2. The molecule has 1 amide bonds. The maximum Gasteiger partial charge on any atom is 0.325 e. The van der Waals surface area contributed by atoms with Gasteiger partial charge in [-0.25, -0.2) is 0 Å². The van der Waals surface area contributed by atoms with Crippen LogP contribution in [0.15, 0.2) is 48.8 Å². The van der Waals surface area contributed by atoms with Gasteiger partial charge in [0.25, 0.3) is 11.6 Å². The quantitative estimate of drug-likeness (QED) is 0.449. The average Bonchev–Trinajstić information content (AvgIpc) is 3.08. The summed E-state index contributed by atoms with van der Waals surface area (Å²) in [4.78, 5) is 33.9. The highest BCUT2D eigenvalue weighted by Crippen LogP contribution is 2.30. The predicted octanol–water partition coefficient (Wildman–Crippen LogP) is 3.54. The first-order valence-corrected chi connectivity index (χ1v) is 8.81. The number of nitro benzene ring substituents is 1. The molecule has 0 fully saturated rings. The summed E-state index contributed by atoms with van der Waals surface area (Å²) >= 11 is 0. The summed E-state index contributed by atoms with van der Waals surface area (Å²) in [6, 6.07) is 9.48. The SMILES string of the molecule is Cc1cc(C)cc(Oc2cc(NC(=O)c3cnn(CC(=O)O)c3)cc([N+](=O)[O-])c2)c1. The minimum Gasteiger partial charge on any atom is -0.480 e. The Hall–Kier alpha value is -4.21. The molecule has 10 nitrogen and oxygen atoms in total. The number of aryl methyl sites for hydroxylation is 2. The second-order valence-electron chi connectivity index (χ2n) is 6.67. The molecule has 3 aromatic rings. The molecule has 0 bridgehead atoms. The Labute approximate surface area is 170 Å². The zero-order valence-electron chi connectivity index (χ0n) is 16.2. The van der Waals surface area contributed by atoms with Gasteiger partial charge < -0.3 is 15.2 Å². The third-order valence-electron chi connectivity index (χ3n) is 3.98. The number of non-ortho nitro benzene ring substituents is 1. The molecule has 0 saturated carbocycles. The van der Waals surface area contributed by atoms with E-state index >= 15 is 0 Å². The molecule has 0 radical (unpaired) electrons. The van der Waals surface area contributed by atoms with E-state index in [1.807, 2.05) is 19.9 Å². The van der Waals surface area contributed by atoms with Gasteiger partial charge in [-0.1, -0.05) is 6.07 Å². The number of carbonyl (C=O) groups excluding carboxylic acids is 1. The second kappa shape index (κ2) is 8.43. The number of nitro groups is 1. The van der Waals surface area contributed by atoms with Crippen LogP contribution in [0.25, 0.3) is 0 Å². The molecule has 0 unspecified atom stereocenters. The Balaban J connectivity index is 1.85. The fourth-order valence-corrected chi connectivity index (χ4v) is 2.86. The van der Waals surface area contributed by atoms with E-state index in [4.69, 9.17) is 9.84 Å². The Kier molecular flexibility index (Phi) is 5.77. The number of carbonyl (C=O) groups is 2. The highest BCUT2D eigenvalue weighted by molar-refractivity contribution is 6.04. The first-order valence-electron chi connectivity index (χ1n) is 8.81. The Morgan fingerprint density at radius 1 is 1.13 bits per heavy atom. The van der Waals surface area contributed by atoms with Crippen LogP contribution in [0.3, 0.4) is 0 Å². The molecule has 0 aliphatic carbocycles. The summed E-state index contributed by atoms with van der Waals surface area (Å²) in [5, 5.41) is 26.4. The molecule has 30 heavy (non-hydrogen) atoms. The molecule has 3 rings (SSSR count). The molecular formula is C20H18N4O6. The van der Waals surface area contributed by atoms with Gasteiger partial charge in [0.2, 0.25) is 0 Å². The fourth-order valence-electron chi connectivity index (χ4n) is 2.86. The van der Waals surface area contributed by atoms with Gasteiger partial charge >= 0.3 is 5.97 Å². The van der Waals surface area contributed by atoms with Crippen molar-refractivity contribution in [3.63, 3.8) is 0 Å². The van der Waals surface area contributed by atoms with Crippen LogP contribution in [0.5, 0.6) is 11.5 Å². The average molecular weight is 410 g/mol. The van der Waals surface area contributed by atoms with Gasteiger partial charge in [0.15, 0.2) is 0 Å². The number of nitrogens with one attached hydrogen (secondary N) is 1. The Morgan fingerprint density at radius 2 is 1.80 bits per heavy atom. The zero-order chi connectivity index (χ0) is 21.8. The van der Waals surface area contributed by atoms with Crippen LogP contribution < -0.4 is 10.1 Å². The van der Waals surface area contributed by atoms with Gasteiger partial charge in [-0.15, -0.1) is 0 Å². The van der Waals surface area contributed by atoms with Gasteiger partial charge in [0.05, 0.1) is 28.4 Å². The van der Waals surface area contributed by atoms with Crippen LogP contribution >= 0.6 is 0 Å². The normalized spacial score (nSPS) is 10.5. The molecule has 1 heterocycles. The lowest BCUT2D eigenvalue weighted by Crippen LogP contribution is -2.12. The summed E-state index contributed by atoms with van der Waals surface area (Å²) in [6.07, 6.45) is 2.48. The van der Waals surface area contributed by atoms with E-state index < -0.39 is 23.3 Å². The third kappa shape index (κ3) is 5.19. The van der Waals surface area contributed by atoms with Gasteiger partial charge in [0.1, 0.15) is 18.0 Å². The molecule has 10 heteroatoms. The minimum atomic E-state index is -1.10. The van der Waals surface area contributed by atoms with Crippen LogP contribution in [-0.4, -0.2) is 31.7 Å². The standard InChI is InChI=1S/C20H18N4O6/c1-12-3-13(2)5-17(4-12)30-18-7-15(6-16(8-18)24(28)29)22-20(27)14-9-21-23(10-14)11-19(25)26/h3-10H,11H2,1-2H3,(H,22,27)(H,25,26). The lowest BCUT2D eigenvalue weighted by atomic mass is 10.1. The van der Waals surface area contributed by atoms with Crippen LogP contribution in [-0.2, 0) is 11.3 Å². The number of amides is 1. The van der Waals surface area contributed by atoms with Crippen LogP contribution in [0, 0.1) is 24.0 Å². The number of aromatic nitrogens is 2. The molecule has 0 spiro atoms. The number of hydrogen-bond acceptors (Lipinski definition) is 6. The van der Waals surface area contributed by atoms with E-state index in [0.717, 1.165) is 15.8 Å². The van der Waals surface area contributed by atoms with Crippen molar-refractivity contribution in [1.29, 1.82) is 0 Å². The second-order valence-corrected chi connectivity index (χ2v) is 6.67. The van der Waals surface area contributed by atoms with Gasteiger partial charge in [-0.2, -0.15) is 5.10 Å².